The quantitative estimate of drug-likeness (QED) is 0.827. The Morgan fingerprint density at radius 2 is 2.35 bits per heavy atom. The van der Waals surface area contributed by atoms with E-state index < -0.39 is 11.7 Å². The fourth-order valence-corrected chi connectivity index (χ4v) is 2.45. The van der Waals surface area contributed by atoms with E-state index in [0.29, 0.717) is 12.4 Å². The zero-order valence-electron chi connectivity index (χ0n) is 9.20. The summed E-state index contributed by atoms with van der Waals surface area (Å²) in [5.74, 6) is -1.17. The van der Waals surface area contributed by atoms with E-state index in [0.717, 1.165) is 12.8 Å². The van der Waals surface area contributed by atoms with Gasteiger partial charge < -0.3 is 10.0 Å². The van der Waals surface area contributed by atoms with Gasteiger partial charge in [0.1, 0.15) is 17.1 Å². The number of amides is 1. The van der Waals surface area contributed by atoms with E-state index in [4.69, 9.17) is 11.6 Å². The van der Waals surface area contributed by atoms with E-state index >= 15 is 0 Å². The lowest BCUT2D eigenvalue weighted by atomic mass is 10.1. The lowest BCUT2D eigenvalue weighted by Crippen LogP contribution is -2.37. The molecule has 0 aromatic heterocycles. The number of phenolic OH excluding ortho intramolecular Hbond substituents is 1. The highest BCUT2D eigenvalue weighted by Crippen LogP contribution is 2.26. The summed E-state index contributed by atoms with van der Waals surface area (Å²) in [5.41, 5.74) is -0.260. The Morgan fingerprint density at radius 3 is 3.00 bits per heavy atom. The van der Waals surface area contributed by atoms with Crippen molar-refractivity contribution in [3.63, 3.8) is 0 Å². The van der Waals surface area contributed by atoms with Crippen LogP contribution >= 0.6 is 11.6 Å². The maximum Gasteiger partial charge on any atom is 0.260 e. The zero-order chi connectivity index (χ0) is 12.4. The number of rotatable bonds is 2. The molecule has 0 spiro atoms. The number of hydrogen-bond acceptors (Lipinski definition) is 2. The van der Waals surface area contributed by atoms with E-state index in [1.807, 2.05) is 0 Å². The van der Waals surface area contributed by atoms with Gasteiger partial charge in [0.15, 0.2) is 0 Å². The van der Waals surface area contributed by atoms with E-state index in [9.17, 15) is 14.3 Å². The zero-order valence-corrected chi connectivity index (χ0v) is 9.95. The Morgan fingerprint density at radius 1 is 1.59 bits per heavy atom. The van der Waals surface area contributed by atoms with Gasteiger partial charge in [-0.05, 0) is 25.0 Å². The summed E-state index contributed by atoms with van der Waals surface area (Å²) in [5, 5.41) is 9.56. The number of benzene rings is 1. The molecule has 5 heteroatoms. The monoisotopic (exact) mass is 257 g/mol. The highest BCUT2D eigenvalue weighted by molar-refractivity contribution is 6.18. The maximum absolute atomic E-state index is 13.5. The van der Waals surface area contributed by atoms with E-state index in [2.05, 4.69) is 0 Å². The molecule has 17 heavy (non-hydrogen) atoms. The summed E-state index contributed by atoms with van der Waals surface area (Å²) >= 11 is 5.76. The molecule has 1 aliphatic heterocycles. The molecule has 1 N–H and O–H groups in total. The first-order chi connectivity index (χ1) is 8.15. The first-order valence-corrected chi connectivity index (χ1v) is 6.03. The first-order valence-electron chi connectivity index (χ1n) is 5.49. The van der Waals surface area contributed by atoms with Gasteiger partial charge in [-0.15, -0.1) is 11.6 Å². The number of halogens is 2. The van der Waals surface area contributed by atoms with Crippen molar-refractivity contribution in [1.82, 2.24) is 4.90 Å². The molecular weight excluding hydrogens is 245 g/mol. The van der Waals surface area contributed by atoms with Crippen molar-refractivity contribution in [1.29, 1.82) is 0 Å². The van der Waals surface area contributed by atoms with Crippen molar-refractivity contribution in [2.24, 2.45) is 0 Å². The molecule has 1 amide bonds. The lowest BCUT2D eigenvalue weighted by molar-refractivity contribution is 0.0741. The van der Waals surface area contributed by atoms with Crippen LogP contribution in [0, 0.1) is 5.82 Å². The fraction of sp³-hybridized carbons (Fsp3) is 0.417. The van der Waals surface area contributed by atoms with Gasteiger partial charge in [0, 0.05) is 18.5 Å². The van der Waals surface area contributed by atoms with Crippen LogP contribution in [0.1, 0.15) is 23.2 Å². The Labute approximate surface area is 104 Å². The third-order valence-electron chi connectivity index (χ3n) is 3.02. The minimum absolute atomic E-state index is 0.0665. The normalized spacial score (nSPS) is 19.6. The second kappa shape index (κ2) is 4.92. The number of nitrogens with zero attached hydrogens (tertiary/aromatic N) is 1. The van der Waals surface area contributed by atoms with E-state index in [1.165, 1.54) is 23.1 Å². The Balaban J connectivity index is 2.31. The summed E-state index contributed by atoms with van der Waals surface area (Å²) in [4.78, 5) is 13.7. The van der Waals surface area contributed by atoms with Gasteiger partial charge in [0.2, 0.25) is 0 Å². The van der Waals surface area contributed by atoms with Crippen LogP contribution in [-0.2, 0) is 0 Å². The lowest BCUT2D eigenvalue weighted by Gasteiger charge is -2.23. The summed E-state index contributed by atoms with van der Waals surface area (Å²) in [6, 6.07) is 3.77. The predicted octanol–water partition coefficient (Wildman–Crippen LogP) is 2.37. The first kappa shape index (κ1) is 12.2. The molecule has 1 atom stereocenters. The fourth-order valence-electron chi connectivity index (χ4n) is 2.13. The van der Waals surface area contributed by atoms with Crippen LogP contribution in [0.4, 0.5) is 4.39 Å². The van der Waals surface area contributed by atoms with Crippen molar-refractivity contribution in [3.8, 4) is 5.75 Å². The Bertz CT molecular complexity index is 418. The third kappa shape index (κ3) is 2.22. The highest BCUT2D eigenvalue weighted by atomic mass is 35.5. The third-order valence-corrected chi connectivity index (χ3v) is 3.38. The summed E-state index contributed by atoms with van der Waals surface area (Å²) in [7, 11) is 0. The average molecular weight is 258 g/mol. The summed E-state index contributed by atoms with van der Waals surface area (Å²) in [6.45, 7) is 0.560. The predicted molar refractivity (Wildman–Crippen MR) is 62.8 cm³/mol. The molecule has 1 aliphatic rings. The van der Waals surface area contributed by atoms with Gasteiger partial charge in [0.25, 0.3) is 5.91 Å². The van der Waals surface area contributed by atoms with Crippen molar-refractivity contribution in [3.05, 3.63) is 29.6 Å². The van der Waals surface area contributed by atoms with Crippen LogP contribution < -0.4 is 0 Å². The standard InChI is InChI=1S/C12H13ClFNO2/c13-7-8-3-2-6-15(8)12(17)11-9(14)4-1-5-10(11)16/h1,4-5,8,16H,2-3,6-7H2. The Kier molecular flexibility index (Phi) is 3.52. The largest absolute Gasteiger partial charge is 0.507 e. The summed E-state index contributed by atoms with van der Waals surface area (Å²) in [6.07, 6.45) is 1.68. The number of aromatic hydroxyl groups is 1. The molecule has 1 unspecified atom stereocenters. The van der Waals surface area contributed by atoms with Crippen molar-refractivity contribution in [2.75, 3.05) is 12.4 Å². The van der Waals surface area contributed by atoms with Gasteiger partial charge >= 0.3 is 0 Å². The molecule has 1 heterocycles. The van der Waals surface area contributed by atoms with Crippen molar-refractivity contribution >= 4 is 17.5 Å². The molecule has 0 aliphatic carbocycles. The van der Waals surface area contributed by atoms with Gasteiger partial charge in [0.05, 0.1) is 0 Å². The molecule has 3 nitrogen and oxygen atoms in total. The van der Waals surface area contributed by atoms with Crippen LogP contribution in [0.5, 0.6) is 5.75 Å². The minimum atomic E-state index is -0.699. The van der Waals surface area contributed by atoms with Gasteiger partial charge in [-0.25, -0.2) is 4.39 Å². The topological polar surface area (TPSA) is 40.5 Å². The maximum atomic E-state index is 13.5. The number of carbonyl (C=O) groups excluding carboxylic acids is 1. The van der Waals surface area contributed by atoms with E-state index in [1.54, 1.807) is 0 Å². The molecule has 2 rings (SSSR count). The number of likely N-dealkylation sites (tertiary alicyclic amines) is 1. The van der Waals surface area contributed by atoms with Crippen molar-refractivity contribution in [2.45, 2.75) is 18.9 Å². The van der Waals surface area contributed by atoms with Crippen LogP contribution in [-0.4, -0.2) is 34.4 Å². The Hall–Kier alpha value is -1.29. The second-order valence-corrected chi connectivity index (χ2v) is 4.39. The molecule has 1 fully saturated rings. The van der Waals surface area contributed by atoms with Crippen LogP contribution in [0.2, 0.25) is 0 Å². The molecule has 0 radical (unpaired) electrons. The molecule has 92 valence electrons. The van der Waals surface area contributed by atoms with E-state index in [-0.39, 0.29) is 17.4 Å². The molecule has 0 bridgehead atoms. The number of alkyl halides is 1. The summed E-state index contributed by atoms with van der Waals surface area (Å²) < 4.78 is 13.5. The van der Waals surface area contributed by atoms with Crippen LogP contribution in [0.25, 0.3) is 0 Å². The average Bonchev–Trinajstić information content (AvgIpc) is 2.76. The second-order valence-electron chi connectivity index (χ2n) is 4.08. The van der Waals surface area contributed by atoms with Crippen molar-refractivity contribution < 1.29 is 14.3 Å². The highest BCUT2D eigenvalue weighted by Gasteiger charge is 2.31. The number of carbonyl (C=O) groups is 1. The van der Waals surface area contributed by atoms with Gasteiger partial charge in [-0.2, -0.15) is 0 Å². The molecule has 0 saturated carbocycles. The van der Waals surface area contributed by atoms with Gasteiger partial charge in [-0.1, -0.05) is 6.07 Å². The number of hydrogen-bond donors (Lipinski definition) is 1. The van der Waals surface area contributed by atoms with Crippen LogP contribution in [0.15, 0.2) is 18.2 Å². The molecule has 1 saturated heterocycles. The molecular formula is C12H13ClFNO2. The molecule has 1 aromatic rings. The van der Waals surface area contributed by atoms with Crippen LogP contribution in [0.3, 0.4) is 0 Å². The smallest absolute Gasteiger partial charge is 0.260 e. The van der Waals surface area contributed by atoms with Gasteiger partial charge in [-0.3, -0.25) is 4.79 Å². The molecule has 1 aromatic carbocycles. The number of phenols is 1. The SMILES string of the molecule is O=C(c1c(O)cccc1F)N1CCCC1CCl. The minimum Gasteiger partial charge on any atom is -0.507 e.